The zero-order valence-corrected chi connectivity index (χ0v) is 15.4. The first-order chi connectivity index (χ1) is 12.0. The number of thioether (sulfide) groups is 2. The van der Waals surface area contributed by atoms with Gasteiger partial charge in [-0.25, -0.2) is 0 Å². The molecule has 9 heteroatoms. The number of hydrogen-bond donors (Lipinski definition) is 2. The number of nitrogens with zero attached hydrogens (tertiary/aromatic N) is 1. The van der Waals surface area contributed by atoms with Crippen molar-refractivity contribution in [2.24, 2.45) is 0 Å². The van der Waals surface area contributed by atoms with Gasteiger partial charge in [-0.15, -0.1) is 0 Å². The lowest BCUT2D eigenvalue weighted by atomic mass is 10.2. The first kappa shape index (κ1) is 18.3. The average Bonchev–Trinajstić information content (AvgIpc) is 3.08. The van der Waals surface area contributed by atoms with Gasteiger partial charge in [0.15, 0.2) is 0 Å². The van der Waals surface area contributed by atoms with Gasteiger partial charge >= 0.3 is 0 Å². The fraction of sp³-hybridized carbons (Fsp3) is 0.312. The van der Waals surface area contributed by atoms with Gasteiger partial charge in [0.25, 0.3) is 11.1 Å². The summed E-state index contributed by atoms with van der Waals surface area (Å²) < 4.78 is 0. The number of aliphatic hydroxyl groups is 1. The maximum absolute atomic E-state index is 12.4. The van der Waals surface area contributed by atoms with Crippen molar-refractivity contribution in [1.29, 1.82) is 0 Å². The van der Waals surface area contributed by atoms with Crippen LogP contribution in [0.5, 0.6) is 0 Å². The smallest absolute Gasteiger partial charge is 0.294 e. The molecule has 3 rings (SSSR count). The fourth-order valence-corrected chi connectivity index (χ4v) is 4.64. The third kappa shape index (κ3) is 4.20. The van der Waals surface area contributed by atoms with Gasteiger partial charge in [-0.3, -0.25) is 19.3 Å². The summed E-state index contributed by atoms with van der Waals surface area (Å²) in [5.41, 5.74) is 0.630. The summed E-state index contributed by atoms with van der Waals surface area (Å²) in [6, 6.07) is 6.63. The topological polar surface area (TPSA) is 86.7 Å². The molecule has 2 heterocycles. The number of carbonyl (C=O) groups excluding carboxylic acids is 3. The normalized spacial score (nSPS) is 25.0. The second kappa shape index (κ2) is 7.82. The van der Waals surface area contributed by atoms with Crippen LogP contribution in [-0.2, 0) is 9.59 Å². The molecule has 0 saturated carbocycles. The van der Waals surface area contributed by atoms with E-state index in [9.17, 15) is 19.5 Å². The Morgan fingerprint density at radius 2 is 2.12 bits per heavy atom. The van der Waals surface area contributed by atoms with Gasteiger partial charge in [0.05, 0.1) is 17.1 Å². The van der Waals surface area contributed by atoms with Crippen molar-refractivity contribution in [3.8, 4) is 0 Å². The van der Waals surface area contributed by atoms with Crippen LogP contribution in [0.25, 0.3) is 6.08 Å². The molecule has 0 aromatic heterocycles. The van der Waals surface area contributed by atoms with Gasteiger partial charge in [0.2, 0.25) is 5.91 Å². The van der Waals surface area contributed by atoms with Crippen LogP contribution in [0.15, 0.2) is 29.2 Å². The second-order valence-corrected chi connectivity index (χ2v) is 8.04. The van der Waals surface area contributed by atoms with Gasteiger partial charge in [-0.05, 0) is 29.5 Å². The van der Waals surface area contributed by atoms with Gasteiger partial charge in [0, 0.05) is 16.5 Å². The van der Waals surface area contributed by atoms with Crippen LogP contribution in [0.2, 0.25) is 5.02 Å². The summed E-state index contributed by atoms with van der Waals surface area (Å²) in [5, 5.41) is 12.4. The van der Waals surface area contributed by atoms with Crippen LogP contribution in [0.3, 0.4) is 0 Å². The number of benzene rings is 1. The lowest BCUT2D eigenvalue weighted by molar-refractivity contribution is -0.129. The number of aliphatic hydroxyl groups excluding tert-OH is 1. The summed E-state index contributed by atoms with van der Waals surface area (Å²) in [6.07, 6.45) is 0.937. The average molecular weight is 399 g/mol. The SMILES string of the molecule is O=C(CN1C(=O)S/C(=C/c2ccccc2Cl)C1=O)NC1CSCC1O. The molecule has 2 aliphatic heterocycles. The Bertz CT molecular complexity index is 755. The quantitative estimate of drug-likeness (QED) is 0.754. The zero-order valence-electron chi connectivity index (χ0n) is 13.0. The van der Waals surface area contributed by atoms with E-state index in [2.05, 4.69) is 5.32 Å². The van der Waals surface area contributed by atoms with Crippen molar-refractivity contribution in [3.05, 3.63) is 39.8 Å². The highest BCUT2D eigenvalue weighted by Gasteiger charge is 2.37. The Labute approximate surface area is 158 Å². The van der Waals surface area contributed by atoms with Crippen molar-refractivity contribution in [2.45, 2.75) is 12.1 Å². The molecule has 1 aromatic rings. The monoisotopic (exact) mass is 398 g/mol. The van der Waals surface area contributed by atoms with E-state index < -0.39 is 23.2 Å². The minimum absolute atomic E-state index is 0.224. The standard InChI is InChI=1S/C16H15ClN2O4S2/c17-10-4-2-1-3-9(10)5-13-15(22)19(16(23)25-13)6-14(21)18-11-7-24-8-12(11)20/h1-5,11-12,20H,6-8H2,(H,18,21)/b13-5+. The van der Waals surface area contributed by atoms with E-state index in [1.807, 2.05) is 0 Å². The van der Waals surface area contributed by atoms with E-state index in [0.717, 1.165) is 16.7 Å². The summed E-state index contributed by atoms with van der Waals surface area (Å²) in [5.74, 6) is 0.188. The van der Waals surface area contributed by atoms with Gasteiger partial charge in [0.1, 0.15) is 6.54 Å². The largest absolute Gasteiger partial charge is 0.390 e. The molecule has 25 heavy (non-hydrogen) atoms. The second-order valence-electron chi connectivity index (χ2n) is 5.57. The maximum atomic E-state index is 12.4. The number of halogens is 1. The molecule has 0 radical (unpaired) electrons. The molecule has 0 bridgehead atoms. The summed E-state index contributed by atoms with van der Waals surface area (Å²) >= 11 is 8.38. The third-order valence-electron chi connectivity index (χ3n) is 3.76. The molecule has 2 N–H and O–H groups in total. The predicted octanol–water partition coefficient (Wildman–Crippen LogP) is 1.97. The highest BCUT2D eigenvalue weighted by Crippen LogP contribution is 2.33. The first-order valence-corrected chi connectivity index (χ1v) is 9.85. The number of rotatable bonds is 4. The van der Waals surface area contributed by atoms with Crippen molar-refractivity contribution in [1.82, 2.24) is 10.2 Å². The predicted molar refractivity (Wildman–Crippen MR) is 99.4 cm³/mol. The van der Waals surface area contributed by atoms with Crippen LogP contribution in [0.4, 0.5) is 4.79 Å². The Morgan fingerprint density at radius 3 is 2.80 bits per heavy atom. The van der Waals surface area contributed by atoms with E-state index in [1.165, 1.54) is 0 Å². The van der Waals surface area contributed by atoms with E-state index in [4.69, 9.17) is 11.6 Å². The Hall–Kier alpha value is -1.48. The minimum atomic E-state index is -0.607. The Balaban J connectivity index is 1.67. The van der Waals surface area contributed by atoms with E-state index in [0.29, 0.717) is 22.1 Å². The Kier molecular flexibility index (Phi) is 5.73. The molecule has 2 atom stereocenters. The van der Waals surface area contributed by atoms with Crippen molar-refractivity contribution < 1.29 is 19.5 Å². The van der Waals surface area contributed by atoms with Crippen molar-refractivity contribution in [2.75, 3.05) is 18.1 Å². The molecule has 132 valence electrons. The summed E-state index contributed by atoms with van der Waals surface area (Å²) in [7, 11) is 0. The molecule has 2 fully saturated rings. The lowest BCUT2D eigenvalue weighted by Crippen LogP contribution is -2.47. The highest BCUT2D eigenvalue weighted by atomic mass is 35.5. The van der Waals surface area contributed by atoms with Gasteiger partial charge < -0.3 is 10.4 Å². The fourth-order valence-electron chi connectivity index (χ4n) is 2.45. The number of hydrogen-bond acceptors (Lipinski definition) is 6. The van der Waals surface area contributed by atoms with E-state index in [1.54, 1.807) is 42.1 Å². The third-order valence-corrected chi connectivity index (χ3v) is 6.19. The van der Waals surface area contributed by atoms with Crippen LogP contribution in [0, 0.1) is 0 Å². The van der Waals surface area contributed by atoms with E-state index >= 15 is 0 Å². The molecule has 0 aliphatic carbocycles. The molecule has 6 nitrogen and oxygen atoms in total. The summed E-state index contributed by atoms with van der Waals surface area (Å²) in [4.78, 5) is 37.7. The number of nitrogens with one attached hydrogen (secondary N) is 1. The van der Waals surface area contributed by atoms with Crippen LogP contribution in [-0.4, -0.2) is 57.3 Å². The molecule has 1 aromatic carbocycles. The van der Waals surface area contributed by atoms with E-state index in [-0.39, 0.29) is 17.5 Å². The molecule has 3 amide bonds. The minimum Gasteiger partial charge on any atom is -0.390 e. The highest BCUT2D eigenvalue weighted by molar-refractivity contribution is 8.18. The summed E-state index contributed by atoms with van der Waals surface area (Å²) in [6.45, 7) is -0.363. The van der Waals surface area contributed by atoms with Gasteiger partial charge in [-0.1, -0.05) is 29.8 Å². The molecule has 2 saturated heterocycles. The molecular weight excluding hydrogens is 384 g/mol. The van der Waals surface area contributed by atoms with Crippen molar-refractivity contribution >= 4 is 58.3 Å². The number of carbonyl (C=O) groups is 3. The number of amides is 3. The Morgan fingerprint density at radius 1 is 1.36 bits per heavy atom. The van der Waals surface area contributed by atoms with Crippen molar-refractivity contribution in [3.63, 3.8) is 0 Å². The van der Waals surface area contributed by atoms with Crippen LogP contribution < -0.4 is 5.32 Å². The maximum Gasteiger partial charge on any atom is 0.294 e. The van der Waals surface area contributed by atoms with Crippen LogP contribution in [0.1, 0.15) is 5.56 Å². The van der Waals surface area contributed by atoms with Gasteiger partial charge in [-0.2, -0.15) is 11.8 Å². The molecule has 0 spiro atoms. The zero-order chi connectivity index (χ0) is 18.0. The van der Waals surface area contributed by atoms with Crippen LogP contribution >= 0.6 is 35.1 Å². The molecular formula is C16H15ClN2O4S2. The lowest BCUT2D eigenvalue weighted by Gasteiger charge is -2.18. The number of imide groups is 1. The molecule has 2 aliphatic rings. The first-order valence-electron chi connectivity index (χ1n) is 7.51. The molecule has 2 unspecified atom stereocenters.